The minimum absolute atomic E-state index is 0.0360. The summed E-state index contributed by atoms with van der Waals surface area (Å²) in [5.41, 5.74) is 8.69. The third-order valence-electron chi connectivity index (χ3n) is 3.15. The van der Waals surface area contributed by atoms with Crippen LogP contribution >= 0.6 is 0 Å². The first kappa shape index (κ1) is 13.3. The fourth-order valence-corrected chi connectivity index (χ4v) is 2.12. The van der Waals surface area contributed by atoms with Crippen molar-refractivity contribution in [3.63, 3.8) is 0 Å². The molecule has 0 fully saturated rings. The Bertz CT molecular complexity index is 642. The number of benzene rings is 1. The molecule has 0 radical (unpaired) electrons. The zero-order chi connectivity index (χ0) is 14.2. The van der Waals surface area contributed by atoms with E-state index in [-0.39, 0.29) is 5.41 Å². The van der Waals surface area contributed by atoms with Crippen LogP contribution in [0, 0.1) is 0 Å². The van der Waals surface area contributed by atoms with Crippen LogP contribution in [-0.4, -0.2) is 18.1 Å². The number of aromatic nitrogens is 1. The van der Waals surface area contributed by atoms with E-state index in [0.29, 0.717) is 11.3 Å². The fourth-order valence-electron chi connectivity index (χ4n) is 2.12. The quantitative estimate of drug-likeness (QED) is 0.799. The molecule has 0 spiro atoms. The Balaban J connectivity index is 2.76. The average Bonchev–Trinajstić information content (AvgIpc) is 2.37. The summed E-state index contributed by atoms with van der Waals surface area (Å²) >= 11 is 0. The Hall–Kier alpha value is -2.10. The van der Waals surface area contributed by atoms with Gasteiger partial charge in [-0.05, 0) is 11.0 Å². The molecule has 1 aromatic heterocycles. The van der Waals surface area contributed by atoms with Crippen molar-refractivity contribution in [1.29, 1.82) is 0 Å². The van der Waals surface area contributed by atoms with Gasteiger partial charge in [-0.25, -0.2) is 4.79 Å². The molecule has 1 heterocycles. The van der Waals surface area contributed by atoms with E-state index >= 15 is 0 Å². The molecule has 0 saturated heterocycles. The molecule has 0 amide bonds. The summed E-state index contributed by atoms with van der Waals surface area (Å²) in [5.74, 6) is -0.465. The molecule has 0 bridgehead atoms. The average molecular weight is 258 g/mol. The third-order valence-corrected chi connectivity index (χ3v) is 3.15. The molecular weight excluding hydrogens is 240 g/mol. The maximum Gasteiger partial charge on any atom is 0.341 e. The Morgan fingerprint density at radius 1 is 1.32 bits per heavy atom. The molecule has 4 nitrogen and oxygen atoms in total. The molecule has 0 saturated carbocycles. The largest absolute Gasteiger partial charge is 0.465 e. The number of fused-ring (bicyclic) bond motifs is 1. The molecule has 0 atom stereocenters. The van der Waals surface area contributed by atoms with Crippen molar-refractivity contribution >= 4 is 22.6 Å². The lowest BCUT2D eigenvalue weighted by Gasteiger charge is -2.21. The zero-order valence-electron chi connectivity index (χ0n) is 11.7. The molecule has 0 aliphatic heterocycles. The highest BCUT2D eigenvalue weighted by atomic mass is 16.5. The number of methoxy groups -OCH3 is 1. The maximum absolute atomic E-state index is 11.6. The van der Waals surface area contributed by atoms with Gasteiger partial charge < -0.3 is 10.5 Å². The number of ether oxygens (including phenoxy) is 1. The number of nitrogens with zero attached hydrogens (tertiary/aromatic N) is 1. The standard InChI is InChI=1S/C15H18N2O2/c1-15(2,3)11-7-5-6-9-12(16)10(14(18)19-4)8-17-13(9)11/h5-8H,1-4H3,(H2,16,17). The summed E-state index contributed by atoms with van der Waals surface area (Å²) in [5, 5.41) is 0.787. The van der Waals surface area contributed by atoms with Gasteiger partial charge in [-0.1, -0.05) is 39.0 Å². The number of carbonyl (C=O) groups excluding carboxylic acids is 1. The van der Waals surface area contributed by atoms with Gasteiger partial charge in [-0.2, -0.15) is 0 Å². The summed E-state index contributed by atoms with van der Waals surface area (Å²) < 4.78 is 4.70. The molecular formula is C15H18N2O2. The van der Waals surface area contributed by atoms with Gasteiger partial charge in [0.1, 0.15) is 5.56 Å². The molecule has 2 N–H and O–H groups in total. The predicted molar refractivity (Wildman–Crippen MR) is 76.2 cm³/mol. The van der Waals surface area contributed by atoms with Crippen LogP contribution in [0.15, 0.2) is 24.4 Å². The molecule has 0 aliphatic carbocycles. The summed E-state index contributed by atoms with van der Waals surface area (Å²) in [6.07, 6.45) is 1.48. The van der Waals surface area contributed by atoms with Crippen LogP contribution < -0.4 is 5.73 Å². The zero-order valence-corrected chi connectivity index (χ0v) is 11.7. The van der Waals surface area contributed by atoms with Crippen LogP contribution in [-0.2, 0) is 10.2 Å². The lowest BCUT2D eigenvalue weighted by molar-refractivity contribution is 0.0601. The van der Waals surface area contributed by atoms with Crippen LogP contribution in [0.3, 0.4) is 0 Å². The molecule has 2 aromatic rings. The number of para-hydroxylation sites is 1. The predicted octanol–water partition coefficient (Wildman–Crippen LogP) is 2.90. The summed E-state index contributed by atoms with van der Waals surface area (Å²) in [6, 6.07) is 5.84. The van der Waals surface area contributed by atoms with Crippen molar-refractivity contribution in [3.05, 3.63) is 35.5 Å². The number of hydrogen-bond donors (Lipinski definition) is 1. The normalized spacial score (nSPS) is 11.6. The first-order valence-electron chi connectivity index (χ1n) is 6.12. The highest BCUT2D eigenvalue weighted by Crippen LogP contribution is 2.32. The Morgan fingerprint density at radius 2 is 2.00 bits per heavy atom. The topological polar surface area (TPSA) is 65.2 Å². The second-order valence-electron chi connectivity index (χ2n) is 5.53. The number of carbonyl (C=O) groups is 1. The smallest absolute Gasteiger partial charge is 0.341 e. The van der Waals surface area contributed by atoms with E-state index in [1.54, 1.807) is 0 Å². The number of nitrogens with two attached hydrogens (primary N) is 1. The van der Waals surface area contributed by atoms with Gasteiger partial charge in [0, 0.05) is 11.6 Å². The second-order valence-corrected chi connectivity index (χ2v) is 5.53. The number of pyridine rings is 1. The van der Waals surface area contributed by atoms with Gasteiger partial charge >= 0.3 is 5.97 Å². The number of nitrogen functional groups attached to an aromatic ring is 1. The van der Waals surface area contributed by atoms with Crippen molar-refractivity contribution in [2.45, 2.75) is 26.2 Å². The molecule has 4 heteroatoms. The Labute approximate surface area is 112 Å². The summed E-state index contributed by atoms with van der Waals surface area (Å²) in [7, 11) is 1.33. The van der Waals surface area contributed by atoms with Gasteiger partial charge in [0.15, 0.2) is 0 Å². The maximum atomic E-state index is 11.6. The minimum atomic E-state index is -0.465. The molecule has 0 unspecified atom stereocenters. The van der Waals surface area contributed by atoms with E-state index < -0.39 is 5.97 Å². The molecule has 1 aromatic carbocycles. The van der Waals surface area contributed by atoms with E-state index in [9.17, 15) is 4.79 Å². The second kappa shape index (κ2) is 4.53. The number of esters is 1. The van der Waals surface area contributed by atoms with E-state index in [0.717, 1.165) is 16.5 Å². The number of anilines is 1. The van der Waals surface area contributed by atoms with Gasteiger partial charge in [-0.15, -0.1) is 0 Å². The van der Waals surface area contributed by atoms with Crippen LogP contribution in [0.1, 0.15) is 36.7 Å². The number of hydrogen-bond acceptors (Lipinski definition) is 4. The van der Waals surface area contributed by atoms with Crippen LogP contribution in [0.5, 0.6) is 0 Å². The van der Waals surface area contributed by atoms with Crippen LogP contribution in [0.4, 0.5) is 5.69 Å². The number of rotatable bonds is 1. The third kappa shape index (κ3) is 2.26. The molecule has 0 aliphatic rings. The fraction of sp³-hybridized carbons (Fsp3) is 0.333. The first-order valence-corrected chi connectivity index (χ1v) is 6.12. The van der Waals surface area contributed by atoms with Crippen molar-refractivity contribution in [3.8, 4) is 0 Å². The van der Waals surface area contributed by atoms with Crippen molar-refractivity contribution in [2.24, 2.45) is 0 Å². The Kier molecular flexibility index (Phi) is 3.18. The lowest BCUT2D eigenvalue weighted by atomic mass is 9.85. The van der Waals surface area contributed by atoms with E-state index in [4.69, 9.17) is 10.5 Å². The van der Waals surface area contributed by atoms with E-state index in [1.807, 2.05) is 18.2 Å². The highest BCUT2D eigenvalue weighted by Gasteiger charge is 2.20. The molecule has 100 valence electrons. The lowest BCUT2D eigenvalue weighted by Crippen LogP contribution is -2.13. The van der Waals surface area contributed by atoms with Gasteiger partial charge in [0.2, 0.25) is 0 Å². The van der Waals surface area contributed by atoms with Gasteiger partial charge in [0.05, 0.1) is 18.3 Å². The summed E-state index contributed by atoms with van der Waals surface area (Å²) in [4.78, 5) is 16.0. The highest BCUT2D eigenvalue weighted by molar-refractivity contribution is 6.04. The molecule has 2 rings (SSSR count). The van der Waals surface area contributed by atoms with Crippen molar-refractivity contribution in [2.75, 3.05) is 12.8 Å². The van der Waals surface area contributed by atoms with Gasteiger partial charge in [-0.3, -0.25) is 4.98 Å². The van der Waals surface area contributed by atoms with Crippen molar-refractivity contribution in [1.82, 2.24) is 4.98 Å². The monoisotopic (exact) mass is 258 g/mol. The summed E-state index contributed by atoms with van der Waals surface area (Å²) in [6.45, 7) is 6.36. The first-order chi connectivity index (χ1) is 8.86. The minimum Gasteiger partial charge on any atom is -0.465 e. The van der Waals surface area contributed by atoms with Gasteiger partial charge in [0.25, 0.3) is 0 Å². The van der Waals surface area contributed by atoms with E-state index in [2.05, 4.69) is 25.8 Å². The van der Waals surface area contributed by atoms with Crippen LogP contribution in [0.25, 0.3) is 10.9 Å². The molecule has 19 heavy (non-hydrogen) atoms. The Morgan fingerprint density at radius 3 is 2.58 bits per heavy atom. The SMILES string of the molecule is COC(=O)c1cnc2c(C(C)(C)C)cccc2c1N. The van der Waals surface area contributed by atoms with Crippen molar-refractivity contribution < 1.29 is 9.53 Å². The van der Waals surface area contributed by atoms with E-state index in [1.165, 1.54) is 13.3 Å². The van der Waals surface area contributed by atoms with Crippen LogP contribution in [0.2, 0.25) is 0 Å².